The molecule has 0 amide bonds. The van der Waals surface area contributed by atoms with Crippen LogP contribution in [0.3, 0.4) is 0 Å². The number of phenols is 1. The van der Waals surface area contributed by atoms with E-state index < -0.39 is 36.0 Å². The summed E-state index contributed by atoms with van der Waals surface area (Å²) in [6.07, 6.45) is 0.273. The number of hydrogen-bond acceptors (Lipinski definition) is 9. The molecule has 3 atom stereocenters. The van der Waals surface area contributed by atoms with Gasteiger partial charge in [0, 0.05) is 11.5 Å². The second-order valence-electron chi connectivity index (χ2n) is 5.07. The van der Waals surface area contributed by atoms with Crippen molar-refractivity contribution in [2.45, 2.75) is 24.5 Å². The van der Waals surface area contributed by atoms with E-state index in [1.54, 1.807) is 12.1 Å². The Kier molecular flexibility index (Phi) is 15.2. The second kappa shape index (κ2) is 15.1. The predicted molar refractivity (Wildman–Crippen MR) is 106 cm³/mol. The van der Waals surface area contributed by atoms with Crippen molar-refractivity contribution < 1.29 is 34.8 Å². The molecule has 0 saturated carbocycles. The minimum atomic E-state index is -1.02. The molecule has 3 unspecified atom stereocenters. The molecule has 154 valence electrons. The summed E-state index contributed by atoms with van der Waals surface area (Å²) in [7, 11) is 0. The normalized spacial score (nSPS) is 12.9. The summed E-state index contributed by atoms with van der Waals surface area (Å²) in [5.74, 6) is -2.49. The van der Waals surface area contributed by atoms with Crippen molar-refractivity contribution in [1.29, 1.82) is 0 Å². The van der Waals surface area contributed by atoms with Crippen molar-refractivity contribution in [3.8, 4) is 5.75 Å². The summed E-state index contributed by atoms with van der Waals surface area (Å²) in [4.78, 5) is 29.9. The number of thiol groups is 2. The van der Waals surface area contributed by atoms with Crippen LogP contribution in [0.4, 0.5) is 0 Å². The fourth-order valence-corrected chi connectivity index (χ4v) is 1.44. The fraction of sp³-hybridized carbons (Fsp3) is 0.400. The Morgan fingerprint density at radius 3 is 1.33 bits per heavy atom. The van der Waals surface area contributed by atoms with E-state index in [9.17, 15) is 14.4 Å². The van der Waals surface area contributed by atoms with Gasteiger partial charge in [-0.15, -0.1) is 0 Å². The van der Waals surface area contributed by atoms with Crippen molar-refractivity contribution in [1.82, 2.24) is 0 Å². The van der Waals surface area contributed by atoms with Crippen LogP contribution in [-0.4, -0.2) is 68.0 Å². The van der Waals surface area contributed by atoms with Crippen LogP contribution in [0.15, 0.2) is 24.3 Å². The number of phenolic OH excluding ortho intramolecular Hbond substituents is 1. The molecular weight excluding hydrogens is 398 g/mol. The smallest absolute Gasteiger partial charge is 0.321 e. The first kappa shape index (κ1) is 27.2. The van der Waals surface area contributed by atoms with E-state index >= 15 is 0 Å². The first-order chi connectivity index (χ1) is 12.5. The topological polar surface area (TPSA) is 210 Å². The molecule has 0 saturated heterocycles. The predicted octanol–water partition coefficient (Wildman–Crippen LogP) is -0.997. The average molecular weight is 424 g/mol. The Morgan fingerprint density at radius 2 is 1.11 bits per heavy atom. The third-order valence-corrected chi connectivity index (χ3v) is 3.52. The summed E-state index contributed by atoms with van der Waals surface area (Å²) in [5.41, 5.74) is 16.0. The highest BCUT2D eigenvalue weighted by atomic mass is 32.1. The summed E-state index contributed by atoms with van der Waals surface area (Å²) < 4.78 is 0. The SMILES string of the molecule is NC(CS)C(=O)O.NC(CS)C(=O)O.NC(Cc1ccc(O)cc1)C(=O)O. The molecule has 1 aromatic carbocycles. The number of aliphatic carboxylic acids is 3. The number of rotatable bonds is 7. The third-order valence-electron chi connectivity index (χ3n) is 2.74. The lowest BCUT2D eigenvalue weighted by Crippen LogP contribution is -2.32. The molecule has 10 N–H and O–H groups in total. The molecule has 0 aliphatic rings. The van der Waals surface area contributed by atoms with E-state index in [2.05, 4.69) is 25.3 Å². The Labute approximate surface area is 167 Å². The molecule has 0 aliphatic heterocycles. The number of hydrogen-bond donors (Lipinski definition) is 9. The van der Waals surface area contributed by atoms with E-state index in [1.165, 1.54) is 12.1 Å². The van der Waals surface area contributed by atoms with Crippen molar-refractivity contribution in [3.63, 3.8) is 0 Å². The third kappa shape index (κ3) is 14.8. The van der Waals surface area contributed by atoms with Gasteiger partial charge in [0.25, 0.3) is 0 Å². The van der Waals surface area contributed by atoms with Crippen LogP contribution in [0.1, 0.15) is 5.56 Å². The molecule has 1 aromatic rings. The molecule has 0 aliphatic carbocycles. The van der Waals surface area contributed by atoms with Gasteiger partial charge >= 0.3 is 17.9 Å². The molecule has 0 heterocycles. The first-order valence-electron chi connectivity index (χ1n) is 7.40. The average Bonchev–Trinajstić information content (AvgIpc) is 2.62. The van der Waals surface area contributed by atoms with Crippen molar-refractivity contribution in [2.75, 3.05) is 11.5 Å². The fourth-order valence-electron chi connectivity index (χ4n) is 1.13. The van der Waals surface area contributed by atoms with Crippen LogP contribution in [0.2, 0.25) is 0 Å². The van der Waals surface area contributed by atoms with Gasteiger partial charge in [-0.1, -0.05) is 12.1 Å². The van der Waals surface area contributed by atoms with Gasteiger partial charge in [0.15, 0.2) is 0 Å². The lowest BCUT2D eigenvalue weighted by Gasteiger charge is -2.05. The number of carboxylic acids is 3. The van der Waals surface area contributed by atoms with Gasteiger partial charge in [-0.3, -0.25) is 14.4 Å². The quantitative estimate of drug-likeness (QED) is 0.244. The Morgan fingerprint density at radius 1 is 0.778 bits per heavy atom. The summed E-state index contributed by atoms with van der Waals surface area (Å²) >= 11 is 7.30. The molecule has 0 bridgehead atoms. The van der Waals surface area contributed by atoms with E-state index in [0.717, 1.165) is 5.56 Å². The maximum absolute atomic E-state index is 10.4. The minimum Gasteiger partial charge on any atom is -0.508 e. The van der Waals surface area contributed by atoms with Gasteiger partial charge in [0.05, 0.1) is 0 Å². The van der Waals surface area contributed by atoms with Crippen LogP contribution in [0, 0.1) is 0 Å². The molecule has 12 heteroatoms. The molecule has 1 rings (SSSR count). The minimum absolute atomic E-state index is 0.160. The molecule has 27 heavy (non-hydrogen) atoms. The van der Waals surface area contributed by atoms with Crippen molar-refractivity contribution >= 4 is 43.2 Å². The monoisotopic (exact) mass is 423 g/mol. The van der Waals surface area contributed by atoms with E-state index in [0.29, 0.717) is 0 Å². The molecule has 0 spiro atoms. The van der Waals surface area contributed by atoms with Crippen molar-refractivity contribution in [3.05, 3.63) is 29.8 Å². The highest BCUT2D eigenvalue weighted by Crippen LogP contribution is 2.10. The number of benzene rings is 1. The zero-order chi connectivity index (χ0) is 21.6. The van der Waals surface area contributed by atoms with Gasteiger partial charge in [-0.2, -0.15) is 25.3 Å². The highest BCUT2D eigenvalue weighted by molar-refractivity contribution is 7.80. The number of carbonyl (C=O) groups is 3. The largest absolute Gasteiger partial charge is 0.508 e. The van der Waals surface area contributed by atoms with E-state index in [1.807, 2.05) is 0 Å². The Balaban J connectivity index is 0. The van der Waals surface area contributed by atoms with Crippen LogP contribution in [0.5, 0.6) is 5.75 Å². The van der Waals surface area contributed by atoms with Crippen LogP contribution in [-0.2, 0) is 20.8 Å². The number of nitrogens with two attached hydrogens (primary N) is 3. The summed E-state index contributed by atoms with van der Waals surface area (Å²) in [5, 5.41) is 33.5. The maximum Gasteiger partial charge on any atom is 0.321 e. The molecule has 0 fully saturated rings. The molecule has 0 aromatic heterocycles. The summed E-state index contributed by atoms with van der Waals surface area (Å²) in [6, 6.07) is 3.79. The molecule has 0 radical (unpaired) electrons. The van der Waals surface area contributed by atoms with Gasteiger partial charge in [-0.05, 0) is 24.1 Å². The highest BCUT2D eigenvalue weighted by Gasteiger charge is 2.11. The van der Waals surface area contributed by atoms with Crippen molar-refractivity contribution in [2.24, 2.45) is 17.2 Å². The zero-order valence-electron chi connectivity index (χ0n) is 14.3. The number of carboxylic acid groups (broad SMARTS) is 3. The molecule has 10 nitrogen and oxygen atoms in total. The standard InChI is InChI=1S/C9H11NO3.2C3H7NO2S/c10-8(9(12)13)5-6-1-3-7(11)4-2-6;2*4-2(1-7)3(5)6/h1-4,8,11H,5,10H2,(H,12,13);2*2,7H,1,4H2,(H,5,6). The van der Waals surface area contributed by atoms with Crippen LogP contribution in [0.25, 0.3) is 0 Å². The number of aromatic hydroxyl groups is 1. The van der Waals surface area contributed by atoms with Gasteiger partial charge in [-0.25, -0.2) is 0 Å². The van der Waals surface area contributed by atoms with E-state index in [-0.39, 0.29) is 23.7 Å². The Hall–Kier alpha value is -1.99. The summed E-state index contributed by atoms with van der Waals surface area (Å²) in [6.45, 7) is 0. The Bertz CT molecular complexity index is 567. The van der Waals surface area contributed by atoms with Crippen LogP contribution >= 0.6 is 25.3 Å². The lowest BCUT2D eigenvalue weighted by molar-refractivity contribution is -0.139. The van der Waals surface area contributed by atoms with Gasteiger partial charge in [0.1, 0.15) is 23.9 Å². The second-order valence-corrected chi connectivity index (χ2v) is 5.80. The van der Waals surface area contributed by atoms with Gasteiger partial charge < -0.3 is 37.6 Å². The zero-order valence-corrected chi connectivity index (χ0v) is 16.1. The maximum atomic E-state index is 10.4. The van der Waals surface area contributed by atoms with Crippen LogP contribution < -0.4 is 17.2 Å². The molecular formula is C15H25N3O7S2. The lowest BCUT2D eigenvalue weighted by atomic mass is 10.1. The van der Waals surface area contributed by atoms with Gasteiger partial charge in [0.2, 0.25) is 0 Å². The first-order valence-corrected chi connectivity index (χ1v) is 8.67. The van der Waals surface area contributed by atoms with E-state index in [4.69, 9.17) is 37.6 Å².